The summed E-state index contributed by atoms with van der Waals surface area (Å²) in [7, 11) is 1.56. The van der Waals surface area contributed by atoms with Gasteiger partial charge in [0.2, 0.25) is 5.75 Å². The van der Waals surface area contributed by atoms with Crippen LogP contribution in [0.1, 0.15) is 21.8 Å². The molecule has 0 spiro atoms. The summed E-state index contributed by atoms with van der Waals surface area (Å²) in [5.41, 5.74) is 7.77. The van der Waals surface area contributed by atoms with Gasteiger partial charge in [-0.15, -0.1) is 0 Å². The van der Waals surface area contributed by atoms with E-state index in [0.717, 1.165) is 0 Å². The molecule has 2 heterocycles. The van der Waals surface area contributed by atoms with Crippen LogP contribution in [0.3, 0.4) is 0 Å². The zero-order chi connectivity index (χ0) is 18.8. The van der Waals surface area contributed by atoms with E-state index in [9.17, 15) is 4.79 Å². The molecule has 1 fully saturated rings. The number of likely N-dealkylation sites (tertiary alicyclic amines) is 1. The fourth-order valence-electron chi connectivity index (χ4n) is 3.93. The molecule has 0 radical (unpaired) electrons. The molecule has 27 heavy (non-hydrogen) atoms. The number of benzene rings is 2. The lowest BCUT2D eigenvalue weighted by molar-refractivity contribution is 0.0784. The second-order valence-electron chi connectivity index (χ2n) is 6.93. The van der Waals surface area contributed by atoms with Gasteiger partial charge in [-0.25, -0.2) is 0 Å². The first-order valence-corrected chi connectivity index (χ1v) is 9.23. The third kappa shape index (κ3) is 3.32. The van der Waals surface area contributed by atoms with Crippen molar-refractivity contribution in [3.8, 4) is 17.2 Å². The minimum Gasteiger partial charge on any atom is -0.493 e. The third-order valence-corrected chi connectivity index (χ3v) is 5.33. The predicted molar refractivity (Wildman–Crippen MR) is 102 cm³/mol. The van der Waals surface area contributed by atoms with Crippen molar-refractivity contribution in [2.75, 3.05) is 40.0 Å². The van der Waals surface area contributed by atoms with Crippen molar-refractivity contribution in [1.29, 1.82) is 0 Å². The highest BCUT2D eigenvalue weighted by atomic mass is 16.6. The number of carbonyl (C=O) groups is 1. The SMILES string of the molecule is COc1cc(C(=O)N2C[C@@H](CN)[C@H](c3ccccc3)C2)cc2c1OCCO2. The van der Waals surface area contributed by atoms with E-state index in [2.05, 4.69) is 12.1 Å². The standard InChI is InChI=1S/C21H24N2O4/c1-25-18-9-15(10-19-20(18)27-8-7-26-19)21(24)23-12-16(11-22)17(13-23)14-5-3-2-4-6-14/h2-6,9-10,16-17H,7-8,11-13,22H2,1H3/t16-,17+/m1/s1. The summed E-state index contributed by atoms with van der Waals surface area (Å²) in [5, 5.41) is 0. The molecule has 2 aromatic rings. The Kier molecular flexibility index (Phi) is 4.90. The molecule has 2 N–H and O–H groups in total. The number of nitrogens with two attached hydrogens (primary N) is 1. The Hall–Kier alpha value is -2.73. The van der Waals surface area contributed by atoms with Gasteiger partial charge in [0.05, 0.1) is 7.11 Å². The van der Waals surface area contributed by atoms with Gasteiger partial charge in [-0.1, -0.05) is 30.3 Å². The summed E-state index contributed by atoms with van der Waals surface area (Å²) >= 11 is 0. The summed E-state index contributed by atoms with van der Waals surface area (Å²) < 4.78 is 16.7. The average Bonchev–Trinajstić information content (AvgIpc) is 3.17. The molecule has 2 aliphatic heterocycles. The Morgan fingerprint density at radius 2 is 1.96 bits per heavy atom. The lowest BCUT2D eigenvalue weighted by Gasteiger charge is -2.23. The normalized spacial score (nSPS) is 21.2. The third-order valence-electron chi connectivity index (χ3n) is 5.33. The van der Waals surface area contributed by atoms with Crippen LogP contribution in [0, 0.1) is 5.92 Å². The maximum atomic E-state index is 13.2. The smallest absolute Gasteiger partial charge is 0.254 e. The maximum absolute atomic E-state index is 13.2. The van der Waals surface area contributed by atoms with Gasteiger partial charge >= 0.3 is 0 Å². The highest BCUT2D eigenvalue weighted by Crippen LogP contribution is 2.41. The van der Waals surface area contributed by atoms with E-state index in [0.29, 0.717) is 55.7 Å². The molecule has 0 unspecified atom stereocenters. The molecule has 2 aromatic carbocycles. The Labute approximate surface area is 158 Å². The van der Waals surface area contributed by atoms with Gasteiger partial charge in [0.1, 0.15) is 13.2 Å². The van der Waals surface area contributed by atoms with Crippen molar-refractivity contribution in [3.63, 3.8) is 0 Å². The first-order chi connectivity index (χ1) is 13.2. The Morgan fingerprint density at radius 3 is 2.70 bits per heavy atom. The van der Waals surface area contributed by atoms with Gasteiger partial charge < -0.3 is 24.8 Å². The summed E-state index contributed by atoms with van der Waals surface area (Å²) in [4.78, 5) is 15.0. The molecule has 1 saturated heterocycles. The van der Waals surface area contributed by atoms with E-state index in [1.807, 2.05) is 23.1 Å². The molecule has 142 valence electrons. The van der Waals surface area contributed by atoms with E-state index in [4.69, 9.17) is 19.9 Å². The Balaban J connectivity index is 1.60. The lowest BCUT2D eigenvalue weighted by atomic mass is 9.89. The maximum Gasteiger partial charge on any atom is 0.254 e. The van der Waals surface area contributed by atoms with Crippen LogP contribution in [-0.2, 0) is 0 Å². The molecule has 4 rings (SSSR count). The van der Waals surface area contributed by atoms with Gasteiger partial charge in [-0.05, 0) is 30.2 Å². The van der Waals surface area contributed by atoms with Crippen LogP contribution in [0.15, 0.2) is 42.5 Å². The summed E-state index contributed by atoms with van der Waals surface area (Å²) in [6.45, 7) is 2.78. The number of nitrogens with zero attached hydrogens (tertiary/aromatic N) is 1. The number of hydrogen-bond donors (Lipinski definition) is 1. The minimum absolute atomic E-state index is 0.0397. The zero-order valence-electron chi connectivity index (χ0n) is 15.4. The number of fused-ring (bicyclic) bond motifs is 1. The first-order valence-electron chi connectivity index (χ1n) is 9.23. The van der Waals surface area contributed by atoms with Crippen LogP contribution in [0.5, 0.6) is 17.2 Å². The summed E-state index contributed by atoms with van der Waals surface area (Å²) in [5.74, 6) is 2.09. The highest BCUT2D eigenvalue weighted by Gasteiger charge is 2.36. The molecule has 0 bridgehead atoms. The van der Waals surface area contributed by atoms with Gasteiger partial charge in [0.15, 0.2) is 11.5 Å². The second-order valence-corrected chi connectivity index (χ2v) is 6.93. The van der Waals surface area contributed by atoms with E-state index in [1.165, 1.54) is 5.56 Å². The van der Waals surface area contributed by atoms with E-state index >= 15 is 0 Å². The molecule has 6 heteroatoms. The monoisotopic (exact) mass is 368 g/mol. The van der Waals surface area contributed by atoms with E-state index in [1.54, 1.807) is 19.2 Å². The van der Waals surface area contributed by atoms with Crippen molar-refractivity contribution in [1.82, 2.24) is 4.90 Å². The number of methoxy groups -OCH3 is 1. The lowest BCUT2D eigenvalue weighted by Crippen LogP contribution is -2.30. The van der Waals surface area contributed by atoms with Crippen LogP contribution < -0.4 is 19.9 Å². The van der Waals surface area contributed by atoms with Crippen LogP contribution in [-0.4, -0.2) is 50.8 Å². The fourth-order valence-corrected chi connectivity index (χ4v) is 3.93. The van der Waals surface area contributed by atoms with Crippen molar-refractivity contribution >= 4 is 5.91 Å². The molecule has 2 aliphatic rings. The number of carbonyl (C=O) groups excluding carboxylic acids is 1. The topological polar surface area (TPSA) is 74.0 Å². The second kappa shape index (κ2) is 7.48. The Bertz CT molecular complexity index is 807. The highest BCUT2D eigenvalue weighted by molar-refractivity contribution is 5.96. The number of amides is 1. The summed E-state index contributed by atoms with van der Waals surface area (Å²) in [6, 6.07) is 13.7. The van der Waals surface area contributed by atoms with Crippen LogP contribution in [0.4, 0.5) is 0 Å². The average molecular weight is 368 g/mol. The van der Waals surface area contributed by atoms with Crippen molar-refractivity contribution in [3.05, 3.63) is 53.6 Å². The Morgan fingerprint density at radius 1 is 1.19 bits per heavy atom. The van der Waals surface area contributed by atoms with E-state index in [-0.39, 0.29) is 17.7 Å². The van der Waals surface area contributed by atoms with Gasteiger partial charge in [-0.3, -0.25) is 4.79 Å². The zero-order valence-corrected chi connectivity index (χ0v) is 15.4. The van der Waals surface area contributed by atoms with Crippen LogP contribution >= 0.6 is 0 Å². The van der Waals surface area contributed by atoms with Gasteiger partial charge in [0, 0.05) is 24.6 Å². The number of hydrogen-bond acceptors (Lipinski definition) is 5. The minimum atomic E-state index is -0.0397. The molecule has 0 aliphatic carbocycles. The first kappa shape index (κ1) is 17.7. The van der Waals surface area contributed by atoms with Crippen LogP contribution in [0.2, 0.25) is 0 Å². The number of rotatable bonds is 4. The molecule has 0 saturated carbocycles. The molecule has 1 amide bonds. The predicted octanol–water partition coefficient (Wildman–Crippen LogP) is 2.28. The quantitative estimate of drug-likeness (QED) is 0.896. The molecule has 2 atom stereocenters. The van der Waals surface area contributed by atoms with Crippen LogP contribution in [0.25, 0.3) is 0 Å². The van der Waals surface area contributed by atoms with Crippen molar-refractivity contribution < 1.29 is 19.0 Å². The molecule has 6 nitrogen and oxygen atoms in total. The van der Waals surface area contributed by atoms with Gasteiger partial charge in [-0.2, -0.15) is 0 Å². The van der Waals surface area contributed by atoms with Gasteiger partial charge in [0.25, 0.3) is 5.91 Å². The van der Waals surface area contributed by atoms with E-state index < -0.39 is 0 Å². The molecule has 0 aromatic heterocycles. The van der Waals surface area contributed by atoms with Crippen molar-refractivity contribution in [2.24, 2.45) is 11.7 Å². The number of ether oxygens (including phenoxy) is 3. The fraction of sp³-hybridized carbons (Fsp3) is 0.381. The molecular weight excluding hydrogens is 344 g/mol. The molecular formula is C21H24N2O4. The summed E-state index contributed by atoms with van der Waals surface area (Å²) in [6.07, 6.45) is 0. The largest absolute Gasteiger partial charge is 0.493 e. The van der Waals surface area contributed by atoms with Crippen molar-refractivity contribution in [2.45, 2.75) is 5.92 Å².